The van der Waals surface area contributed by atoms with Crippen molar-refractivity contribution in [3.63, 3.8) is 0 Å². The van der Waals surface area contributed by atoms with E-state index in [-0.39, 0.29) is 0 Å². The first-order chi connectivity index (χ1) is 9.70. The molecular weight excluding hydrogens is 292 g/mol. The second-order valence-corrected chi connectivity index (χ2v) is 5.71. The zero-order chi connectivity index (χ0) is 13.9. The molecule has 3 rings (SSSR count). The smallest absolute Gasteiger partial charge is 0.171 e. The number of nitrogens with zero attached hydrogens (tertiary/aromatic N) is 2. The van der Waals surface area contributed by atoms with Gasteiger partial charge in [0.15, 0.2) is 5.11 Å². The third-order valence-corrected chi connectivity index (χ3v) is 3.68. The van der Waals surface area contributed by atoms with Gasteiger partial charge in [0, 0.05) is 17.3 Å². The lowest BCUT2D eigenvalue weighted by Crippen LogP contribution is -2.29. The quantitative estimate of drug-likeness (QED) is 0.852. The molecule has 6 heteroatoms. The van der Waals surface area contributed by atoms with Crippen molar-refractivity contribution in [2.75, 3.05) is 5.32 Å². The maximum Gasteiger partial charge on any atom is 0.171 e. The molecule has 1 heterocycles. The molecule has 1 fully saturated rings. The van der Waals surface area contributed by atoms with E-state index in [1.807, 2.05) is 35.1 Å². The fraction of sp³-hybridized carbons (Fsp3) is 0.286. The summed E-state index contributed by atoms with van der Waals surface area (Å²) in [6.45, 7) is 0.643. The Bertz CT molecular complexity index is 621. The van der Waals surface area contributed by atoms with Crippen LogP contribution < -0.4 is 10.6 Å². The fourth-order valence-electron chi connectivity index (χ4n) is 1.90. The SMILES string of the molecule is S=C(Nc1cnn(Cc2ccccc2Cl)c1)NC1CC1. The summed E-state index contributed by atoms with van der Waals surface area (Å²) in [5.74, 6) is 0. The number of benzene rings is 1. The highest BCUT2D eigenvalue weighted by molar-refractivity contribution is 7.80. The molecule has 0 unspecified atom stereocenters. The van der Waals surface area contributed by atoms with E-state index < -0.39 is 0 Å². The van der Waals surface area contributed by atoms with Crippen molar-refractivity contribution in [3.8, 4) is 0 Å². The summed E-state index contributed by atoms with van der Waals surface area (Å²) in [4.78, 5) is 0. The number of rotatable bonds is 4. The molecule has 0 aliphatic heterocycles. The van der Waals surface area contributed by atoms with Crippen molar-refractivity contribution >= 4 is 34.6 Å². The number of anilines is 1. The minimum absolute atomic E-state index is 0.549. The van der Waals surface area contributed by atoms with Crippen LogP contribution in [0.25, 0.3) is 0 Å². The van der Waals surface area contributed by atoms with Crippen LogP contribution in [-0.4, -0.2) is 20.9 Å². The molecule has 1 aromatic heterocycles. The van der Waals surface area contributed by atoms with Crippen molar-refractivity contribution in [1.82, 2.24) is 15.1 Å². The number of nitrogens with one attached hydrogen (secondary N) is 2. The Kier molecular flexibility index (Phi) is 3.89. The zero-order valence-corrected chi connectivity index (χ0v) is 12.4. The molecule has 20 heavy (non-hydrogen) atoms. The molecule has 2 aromatic rings. The Morgan fingerprint density at radius 2 is 2.20 bits per heavy atom. The first-order valence-corrected chi connectivity index (χ1v) is 7.33. The van der Waals surface area contributed by atoms with Crippen LogP contribution in [-0.2, 0) is 6.54 Å². The average molecular weight is 307 g/mol. The third kappa shape index (κ3) is 3.49. The fourth-order valence-corrected chi connectivity index (χ4v) is 2.38. The molecule has 0 bridgehead atoms. The zero-order valence-electron chi connectivity index (χ0n) is 10.8. The van der Waals surface area contributed by atoms with Crippen molar-refractivity contribution in [2.24, 2.45) is 0 Å². The summed E-state index contributed by atoms with van der Waals surface area (Å²) in [6, 6.07) is 8.32. The Labute approximate surface area is 128 Å². The number of hydrogen-bond donors (Lipinski definition) is 2. The van der Waals surface area contributed by atoms with E-state index in [1.54, 1.807) is 6.20 Å². The molecule has 1 aliphatic carbocycles. The largest absolute Gasteiger partial charge is 0.360 e. The number of halogens is 1. The third-order valence-electron chi connectivity index (χ3n) is 3.09. The normalized spacial score (nSPS) is 14.1. The Morgan fingerprint density at radius 1 is 1.40 bits per heavy atom. The van der Waals surface area contributed by atoms with Crippen LogP contribution in [0, 0.1) is 0 Å². The molecule has 1 saturated carbocycles. The van der Waals surface area contributed by atoms with Gasteiger partial charge in [-0.15, -0.1) is 0 Å². The lowest BCUT2D eigenvalue weighted by atomic mass is 10.2. The molecule has 0 amide bonds. The minimum Gasteiger partial charge on any atom is -0.360 e. The van der Waals surface area contributed by atoms with E-state index in [2.05, 4.69) is 15.7 Å². The second-order valence-electron chi connectivity index (χ2n) is 4.89. The lowest BCUT2D eigenvalue weighted by Gasteiger charge is -2.07. The van der Waals surface area contributed by atoms with E-state index >= 15 is 0 Å². The van der Waals surface area contributed by atoms with Crippen LogP contribution in [0.3, 0.4) is 0 Å². The standard InChI is InChI=1S/C14H15ClN4S/c15-13-4-2-1-3-10(13)8-19-9-12(7-16-19)18-14(20)17-11-5-6-11/h1-4,7,9,11H,5-6,8H2,(H2,17,18,20). The molecule has 1 aromatic carbocycles. The monoisotopic (exact) mass is 306 g/mol. The average Bonchev–Trinajstić information content (AvgIpc) is 3.12. The van der Waals surface area contributed by atoms with E-state index in [0.29, 0.717) is 17.7 Å². The van der Waals surface area contributed by atoms with Crippen molar-refractivity contribution in [2.45, 2.75) is 25.4 Å². The van der Waals surface area contributed by atoms with Crippen LogP contribution in [0.15, 0.2) is 36.7 Å². The Balaban J connectivity index is 1.61. The second kappa shape index (κ2) is 5.81. The van der Waals surface area contributed by atoms with Crippen LogP contribution >= 0.6 is 23.8 Å². The van der Waals surface area contributed by atoms with Gasteiger partial charge in [-0.05, 0) is 36.7 Å². The highest BCUT2D eigenvalue weighted by atomic mass is 35.5. The van der Waals surface area contributed by atoms with Crippen LogP contribution in [0.2, 0.25) is 5.02 Å². The maximum absolute atomic E-state index is 6.14. The van der Waals surface area contributed by atoms with Crippen molar-refractivity contribution < 1.29 is 0 Å². The van der Waals surface area contributed by atoms with Gasteiger partial charge in [0.25, 0.3) is 0 Å². The van der Waals surface area contributed by atoms with Gasteiger partial charge in [-0.3, -0.25) is 4.68 Å². The topological polar surface area (TPSA) is 41.9 Å². The van der Waals surface area contributed by atoms with Gasteiger partial charge >= 0.3 is 0 Å². The predicted molar refractivity (Wildman–Crippen MR) is 85.2 cm³/mol. The van der Waals surface area contributed by atoms with Crippen LogP contribution in [0.5, 0.6) is 0 Å². The molecule has 1 aliphatic rings. The summed E-state index contributed by atoms with van der Waals surface area (Å²) in [6.07, 6.45) is 6.09. The molecule has 0 atom stereocenters. The first-order valence-electron chi connectivity index (χ1n) is 6.54. The van der Waals surface area contributed by atoms with Gasteiger partial charge in [0.1, 0.15) is 0 Å². The van der Waals surface area contributed by atoms with Crippen LogP contribution in [0.1, 0.15) is 18.4 Å². The van der Waals surface area contributed by atoms with Gasteiger partial charge in [0.2, 0.25) is 0 Å². The molecule has 4 nitrogen and oxygen atoms in total. The van der Waals surface area contributed by atoms with Gasteiger partial charge in [-0.1, -0.05) is 29.8 Å². The van der Waals surface area contributed by atoms with Gasteiger partial charge in [-0.25, -0.2) is 0 Å². The molecule has 0 spiro atoms. The van der Waals surface area contributed by atoms with Crippen LogP contribution in [0.4, 0.5) is 5.69 Å². The highest BCUT2D eigenvalue weighted by Crippen LogP contribution is 2.19. The number of aromatic nitrogens is 2. The van der Waals surface area contributed by atoms with Gasteiger partial charge in [0.05, 0.1) is 18.4 Å². The number of thiocarbonyl (C=S) groups is 1. The molecule has 0 saturated heterocycles. The first kappa shape index (κ1) is 13.4. The van der Waals surface area contributed by atoms with Crippen molar-refractivity contribution in [1.29, 1.82) is 0 Å². The van der Waals surface area contributed by atoms with E-state index in [1.165, 1.54) is 12.8 Å². The maximum atomic E-state index is 6.14. The van der Waals surface area contributed by atoms with Gasteiger partial charge in [-0.2, -0.15) is 5.10 Å². The lowest BCUT2D eigenvalue weighted by molar-refractivity contribution is 0.687. The van der Waals surface area contributed by atoms with Gasteiger partial charge < -0.3 is 10.6 Å². The Morgan fingerprint density at radius 3 is 2.95 bits per heavy atom. The summed E-state index contributed by atoms with van der Waals surface area (Å²) in [7, 11) is 0. The predicted octanol–water partition coefficient (Wildman–Crippen LogP) is 3.03. The summed E-state index contributed by atoms with van der Waals surface area (Å²) in [5, 5.41) is 12.1. The Hall–Kier alpha value is -1.59. The van der Waals surface area contributed by atoms with E-state index in [0.717, 1.165) is 16.3 Å². The van der Waals surface area contributed by atoms with E-state index in [4.69, 9.17) is 23.8 Å². The van der Waals surface area contributed by atoms with Crippen molar-refractivity contribution in [3.05, 3.63) is 47.2 Å². The summed E-state index contributed by atoms with van der Waals surface area (Å²) in [5.41, 5.74) is 1.93. The summed E-state index contributed by atoms with van der Waals surface area (Å²) >= 11 is 11.4. The molecule has 104 valence electrons. The van der Waals surface area contributed by atoms with E-state index in [9.17, 15) is 0 Å². The summed E-state index contributed by atoms with van der Waals surface area (Å²) < 4.78 is 1.84. The number of hydrogen-bond acceptors (Lipinski definition) is 2. The highest BCUT2D eigenvalue weighted by Gasteiger charge is 2.21. The molecule has 0 radical (unpaired) electrons. The molecular formula is C14H15ClN4S. The molecule has 2 N–H and O–H groups in total. The minimum atomic E-state index is 0.549.